The molecule has 1 amide bonds. The zero-order valence-corrected chi connectivity index (χ0v) is 19.5. The van der Waals surface area contributed by atoms with Crippen molar-refractivity contribution >= 4 is 23.7 Å². The number of carboxylic acids is 1. The Bertz CT molecular complexity index is 1090. The molecule has 6 nitrogen and oxygen atoms in total. The normalized spacial score (nSPS) is 19.1. The number of ketones is 1. The number of carbonyl (C=O) groups excluding carboxylic acids is 2. The molecule has 0 radical (unpaired) electrons. The number of benzene rings is 2. The summed E-state index contributed by atoms with van der Waals surface area (Å²) in [4.78, 5) is 36.0. The lowest BCUT2D eigenvalue weighted by Gasteiger charge is -2.26. The molecule has 0 spiro atoms. The minimum Gasteiger partial charge on any atom is -0.490 e. The number of aryl methyl sites for hydroxylation is 1. The van der Waals surface area contributed by atoms with Gasteiger partial charge in [-0.15, -0.1) is 0 Å². The van der Waals surface area contributed by atoms with E-state index in [0.717, 1.165) is 24.0 Å². The summed E-state index contributed by atoms with van der Waals surface area (Å²) >= 11 is 0. The Labute approximate surface area is 200 Å². The van der Waals surface area contributed by atoms with Gasteiger partial charge < -0.3 is 15.2 Å². The highest BCUT2D eigenvalue weighted by Crippen LogP contribution is 2.28. The number of carbonyl (C=O) groups is 3. The van der Waals surface area contributed by atoms with Crippen molar-refractivity contribution in [2.24, 2.45) is 5.92 Å². The zero-order chi connectivity index (χ0) is 24.1. The van der Waals surface area contributed by atoms with Crippen LogP contribution in [0.1, 0.15) is 65.6 Å². The summed E-state index contributed by atoms with van der Waals surface area (Å²) in [6, 6.07) is 13.3. The van der Waals surface area contributed by atoms with E-state index in [9.17, 15) is 14.4 Å². The minimum atomic E-state index is -0.725. The average Bonchev–Trinajstić information content (AvgIpc) is 3.26. The summed E-state index contributed by atoms with van der Waals surface area (Å²) in [6.45, 7) is 2.50. The van der Waals surface area contributed by atoms with Crippen molar-refractivity contribution in [2.75, 3.05) is 6.54 Å². The third kappa shape index (κ3) is 5.93. The zero-order valence-electron chi connectivity index (χ0n) is 19.5. The van der Waals surface area contributed by atoms with Gasteiger partial charge in [-0.3, -0.25) is 14.4 Å². The molecule has 2 N–H and O–H groups in total. The molecular formula is C28H31NO5. The van der Waals surface area contributed by atoms with Crippen LogP contribution in [0, 0.1) is 12.8 Å². The van der Waals surface area contributed by atoms with Crippen LogP contribution in [-0.2, 0) is 16.0 Å². The number of hydrogen-bond acceptors (Lipinski definition) is 4. The number of nitrogens with one attached hydrogen (secondary N) is 1. The molecule has 0 heterocycles. The predicted octanol–water partition coefficient (Wildman–Crippen LogP) is 4.74. The van der Waals surface area contributed by atoms with E-state index in [1.807, 2.05) is 13.0 Å². The highest BCUT2D eigenvalue weighted by atomic mass is 16.5. The number of Topliss-reactive ketones (excluding diaryl/α,β-unsaturated/α-hetero) is 1. The first kappa shape index (κ1) is 23.7. The Morgan fingerprint density at radius 2 is 1.76 bits per heavy atom. The van der Waals surface area contributed by atoms with Gasteiger partial charge in [-0.1, -0.05) is 23.8 Å². The van der Waals surface area contributed by atoms with E-state index in [1.165, 1.54) is 11.1 Å². The molecule has 0 atom stereocenters. The molecule has 34 heavy (non-hydrogen) atoms. The minimum absolute atomic E-state index is 0.0209. The van der Waals surface area contributed by atoms with Crippen molar-refractivity contribution in [3.05, 3.63) is 70.3 Å². The summed E-state index contributed by atoms with van der Waals surface area (Å²) in [5.41, 5.74) is 4.85. The molecule has 1 fully saturated rings. The maximum absolute atomic E-state index is 12.5. The Kier molecular flexibility index (Phi) is 7.46. The monoisotopic (exact) mass is 461 g/mol. The van der Waals surface area contributed by atoms with Gasteiger partial charge >= 0.3 is 5.97 Å². The largest absolute Gasteiger partial charge is 0.490 e. The molecule has 0 bridgehead atoms. The van der Waals surface area contributed by atoms with Crippen LogP contribution >= 0.6 is 0 Å². The number of hydrogen-bond donors (Lipinski definition) is 2. The fraction of sp³-hybridized carbons (Fsp3) is 0.393. The van der Waals surface area contributed by atoms with Gasteiger partial charge in [0.2, 0.25) is 5.91 Å². The first-order valence-corrected chi connectivity index (χ1v) is 12.0. The van der Waals surface area contributed by atoms with E-state index in [2.05, 4.69) is 23.5 Å². The van der Waals surface area contributed by atoms with Gasteiger partial charge in [-0.25, -0.2) is 0 Å². The molecule has 2 aliphatic carbocycles. The summed E-state index contributed by atoms with van der Waals surface area (Å²) in [5, 5.41) is 12.0. The van der Waals surface area contributed by atoms with Gasteiger partial charge in [0, 0.05) is 30.5 Å². The van der Waals surface area contributed by atoms with Crippen LogP contribution in [-0.4, -0.2) is 35.4 Å². The van der Waals surface area contributed by atoms with Crippen molar-refractivity contribution in [1.29, 1.82) is 0 Å². The van der Waals surface area contributed by atoms with Gasteiger partial charge in [0.15, 0.2) is 5.78 Å². The second-order valence-corrected chi connectivity index (χ2v) is 9.29. The van der Waals surface area contributed by atoms with E-state index < -0.39 is 5.97 Å². The van der Waals surface area contributed by atoms with Crippen LogP contribution in [0.4, 0.5) is 0 Å². The van der Waals surface area contributed by atoms with Crippen LogP contribution in [0.5, 0.6) is 5.75 Å². The van der Waals surface area contributed by atoms with Gasteiger partial charge in [0.25, 0.3) is 0 Å². The lowest BCUT2D eigenvalue weighted by molar-refractivity contribution is -0.143. The molecule has 0 aliphatic heterocycles. The fourth-order valence-electron chi connectivity index (χ4n) is 4.65. The van der Waals surface area contributed by atoms with E-state index >= 15 is 0 Å². The van der Waals surface area contributed by atoms with Crippen molar-refractivity contribution in [3.63, 3.8) is 0 Å². The Balaban J connectivity index is 1.17. The topological polar surface area (TPSA) is 92.7 Å². The highest BCUT2D eigenvalue weighted by Gasteiger charge is 2.27. The number of aliphatic carboxylic acids is 1. The van der Waals surface area contributed by atoms with E-state index in [4.69, 9.17) is 9.84 Å². The SMILES string of the molecule is Cc1ccc2c(c1)C=C(C(=O)NCCCC(=O)c1ccc(OC3CCC(C(=O)O)CC3)cc1)C2. The third-order valence-electron chi connectivity index (χ3n) is 6.67. The lowest BCUT2D eigenvalue weighted by atomic mass is 9.87. The van der Waals surface area contributed by atoms with E-state index in [0.29, 0.717) is 50.0 Å². The van der Waals surface area contributed by atoms with Gasteiger partial charge in [0.1, 0.15) is 5.75 Å². The molecule has 6 heteroatoms. The summed E-state index contributed by atoms with van der Waals surface area (Å²) < 4.78 is 5.96. The molecular weight excluding hydrogens is 430 g/mol. The quantitative estimate of drug-likeness (QED) is 0.416. The van der Waals surface area contributed by atoms with Gasteiger partial charge in [-0.05, 0) is 80.5 Å². The van der Waals surface area contributed by atoms with E-state index in [-0.39, 0.29) is 23.7 Å². The number of rotatable bonds is 9. The molecule has 2 aliphatic rings. The second kappa shape index (κ2) is 10.7. The van der Waals surface area contributed by atoms with Crippen LogP contribution in [0.15, 0.2) is 48.0 Å². The third-order valence-corrected chi connectivity index (χ3v) is 6.67. The average molecular weight is 462 g/mol. The maximum atomic E-state index is 12.5. The highest BCUT2D eigenvalue weighted by molar-refractivity contribution is 6.00. The summed E-state index contributed by atoms with van der Waals surface area (Å²) in [7, 11) is 0. The van der Waals surface area contributed by atoms with Gasteiger partial charge in [0.05, 0.1) is 12.0 Å². The molecule has 1 saturated carbocycles. The summed E-state index contributed by atoms with van der Waals surface area (Å²) in [6.07, 6.45) is 6.28. The maximum Gasteiger partial charge on any atom is 0.306 e. The van der Waals surface area contributed by atoms with Crippen molar-refractivity contribution < 1.29 is 24.2 Å². The first-order chi connectivity index (χ1) is 16.4. The summed E-state index contributed by atoms with van der Waals surface area (Å²) in [5.74, 6) is -0.327. The molecule has 0 saturated heterocycles. The van der Waals surface area contributed by atoms with Crippen molar-refractivity contribution in [2.45, 2.75) is 58.0 Å². The number of ether oxygens (including phenoxy) is 1. The van der Waals surface area contributed by atoms with Crippen LogP contribution in [0.3, 0.4) is 0 Å². The first-order valence-electron chi connectivity index (χ1n) is 12.0. The second-order valence-electron chi connectivity index (χ2n) is 9.29. The Hall–Kier alpha value is -3.41. The number of amides is 1. The van der Waals surface area contributed by atoms with E-state index in [1.54, 1.807) is 24.3 Å². The molecule has 0 unspecified atom stereocenters. The predicted molar refractivity (Wildman–Crippen MR) is 130 cm³/mol. The Morgan fingerprint density at radius 3 is 2.47 bits per heavy atom. The molecule has 178 valence electrons. The fourth-order valence-corrected chi connectivity index (χ4v) is 4.65. The molecule has 2 aromatic carbocycles. The van der Waals surface area contributed by atoms with Crippen molar-refractivity contribution in [1.82, 2.24) is 5.32 Å². The number of carboxylic acid groups (broad SMARTS) is 1. The smallest absolute Gasteiger partial charge is 0.306 e. The standard InChI is InChI=1S/C28H31NO5/c1-18-4-5-21-16-23(17-22(21)15-18)27(31)29-14-2-3-26(30)19-6-10-24(11-7-19)34-25-12-8-20(9-13-25)28(32)33/h4-7,10-11,15,17,20,25H,2-3,8-9,12-14,16H2,1H3,(H,29,31)(H,32,33). The van der Waals surface area contributed by atoms with Crippen LogP contribution in [0.25, 0.3) is 6.08 Å². The molecule has 2 aromatic rings. The molecule has 0 aromatic heterocycles. The lowest BCUT2D eigenvalue weighted by Crippen LogP contribution is -2.27. The van der Waals surface area contributed by atoms with Crippen molar-refractivity contribution in [3.8, 4) is 5.75 Å². The Morgan fingerprint density at radius 1 is 1.03 bits per heavy atom. The number of fused-ring (bicyclic) bond motifs is 1. The molecule has 4 rings (SSSR count). The van der Waals surface area contributed by atoms with Crippen LogP contribution < -0.4 is 10.1 Å². The van der Waals surface area contributed by atoms with Gasteiger partial charge in [-0.2, -0.15) is 0 Å². The van der Waals surface area contributed by atoms with Crippen LogP contribution in [0.2, 0.25) is 0 Å².